The van der Waals surface area contributed by atoms with E-state index in [4.69, 9.17) is 9.47 Å². The summed E-state index contributed by atoms with van der Waals surface area (Å²) in [4.78, 5) is 24.5. The molecule has 5 nitrogen and oxygen atoms in total. The van der Waals surface area contributed by atoms with Gasteiger partial charge in [0.2, 0.25) is 5.91 Å². The number of anilines is 1. The van der Waals surface area contributed by atoms with Crippen LogP contribution < -0.4 is 9.64 Å². The van der Waals surface area contributed by atoms with Crippen LogP contribution in [0.2, 0.25) is 0 Å². The maximum atomic E-state index is 12.4. The number of methoxy groups -OCH3 is 1. The van der Waals surface area contributed by atoms with Crippen LogP contribution in [0, 0.1) is 5.92 Å². The standard InChI is InChI=1S/C14H16FNO4/c1-9(17)20-14-12(7-8-15)13(18)16(14)10-3-5-11(19-2)6-4-10/h3-6,12,14H,7-8H2,1-2H3/t12-,14-/m0/s1. The molecule has 0 N–H and O–H groups in total. The van der Waals surface area contributed by atoms with Gasteiger partial charge in [0.1, 0.15) is 5.75 Å². The molecule has 2 rings (SSSR count). The van der Waals surface area contributed by atoms with Gasteiger partial charge in [0.05, 0.1) is 19.7 Å². The van der Waals surface area contributed by atoms with E-state index in [1.54, 1.807) is 31.4 Å². The van der Waals surface area contributed by atoms with Gasteiger partial charge in [0.15, 0.2) is 6.23 Å². The zero-order valence-corrected chi connectivity index (χ0v) is 11.3. The Hall–Kier alpha value is -2.11. The van der Waals surface area contributed by atoms with Gasteiger partial charge in [-0.1, -0.05) is 0 Å². The maximum absolute atomic E-state index is 12.4. The summed E-state index contributed by atoms with van der Waals surface area (Å²) in [6, 6.07) is 6.80. The first-order valence-electron chi connectivity index (χ1n) is 6.28. The third-order valence-corrected chi connectivity index (χ3v) is 3.21. The lowest BCUT2D eigenvalue weighted by atomic mass is 9.91. The van der Waals surface area contributed by atoms with Crippen LogP contribution in [0.1, 0.15) is 13.3 Å². The Bertz CT molecular complexity index is 502. The summed E-state index contributed by atoms with van der Waals surface area (Å²) < 4.78 is 22.6. The normalized spacial score (nSPS) is 21.4. The predicted molar refractivity (Wildman–Crippen MR) is 70.1 cm³/mol. The van der Waals surface area contributed by atoms with E-state index in [1.807, 2.05) is 0 Å². The third-order valence-electron chi connectivity index (χ3n) is 3.21. The minimum atomic E-state index is -0.732. The van der Waals surface area contributed by atoms with Gasteiger partial charge >= 0.3 is 5.97 Å². The highest BCUT2D eigenvalue weighted by atomic mass is 19.1. The van der Waals surface area contributed by atoms with E-state index in [0.717, 1.165) is 0 Å². The Balaban J connectivity index is 2.19. The van der Waals surface area contributed by atoms with Gasteiger partial charge < -0.3 is 9.47 Å². The molecule has 1 fully saturated rings. The Kier molecular flexibility index (Phi) is 4.22. The highest BCUT2D eigenvalue weighted by molar-refractivity contribution is 6.02. The first-order valence-corrected chi connectivity index (χ1v) is 6.28. The third kappa shape index (κ3) is 2.59. The van der Waals surface area contributed by atoms with E-state index in [1.165, 1.54) is 11.8 Å². The lowest BCUT2D eigenvalue weighted by Crippen LogP contribution is -2.63. The van der Waals surface area contributed by atoms with Crippen molar-refractivity contribution >= 4 is 17.6 Å². The Morgan fingerprint density at radius 3 is 2.50 bits per heavy atom. The van der Waals surface area contributed by atoms with Gasteiger partial charge in [-0.15, -0.1) is 0 Å². The van der Waals surface area contributed by atoms with Gasteiger partial charge in [-0.3, -0.25) is 18.9 Å². The molecule has 1 aliphatic rings. The fourth-order valence-electron chi connectivity index (χ4n) is 2.23. The molecule has 1 saturated heterocycles. The first kappa shape index (κ1) is 14.3. The number of esters is 1. The molecule has 1 aromatic rings. The molecule has 1 aromatic carbocycles. The van der Waals surface area contributed by atoms with Crippen molar-refractivity contribution in [3.05, 3.63) is 24.3 Å². The average molecular weight is 281 g/mol. The zero-order chi connectivity index (χ0) is 14.7. The molecule has 2 atom stereocenters. The van der Waals surface area contributed by atoms with Gasteiger partial charge in [-0.25, -0.2) is 0 Å². The Morgan fingerprint density at radius 2 is 2.00 bits per heavy atom. The summed E-state index contributed by atoms with van der Waals surface area (Å²) in [6.07, 6.45) is -0.673. The van der Waals surface area contributed by atoms with Crippen molar-refractivity contribution in [1.29, 1.82) is 0 Å². The molecule has 1 heterocycles. The number of carbonyl (C=O) groups excluding carboxylic acids is 2. The largest absolute Gasteiger partial charge is 0.497 e. The minimum absolute atomic E-state index is 0.0590. The number of rotatable bonds is 5. The zero-order valence-electron chi connectivity index (χ0n) is 11.3. The van der Waals surface area contributed by atoms with Crippen molar-refractivity contribution in [3.63, 3.8) is 0 Å². The van der Waals surface area contributed by atoms with Crippen LogP contribution in [-0.2, 0) is 14.3 Å². The number of alkyl halides is 1. The summed E-state index contributed by atoms with van der Waals surface area (Å²) >= 11 is 0. The smallest absolute Gasteiger partial charge is 0.304 e. The van der Waals surface area contributed by atoms with Crippen LogP contribution in [0.25, 0.3) is 0 Å². The molecule has 0 aliphatic carbocycles. The maximum Gasteiger partial charge on any atom is 0.304 e. The molecule has 0 saturated carbocycles. The van der Waals surface area contributed by atoms with Gasteiger partial charge in [-0.05, 0) is 30.7 Å². The Labute approximate surface area is 116 Å². The number of nitrogens with zero attached hydrogens (tertiary/aromatic N) is 1. The first-order chi connectivity index (χ1) is 9.58. The number of carbonyl (C=O) groups is 2. The molecule has 0 aromatic heterocycles. The van der Waals surface area contributed by atoms with Gasteiger partial charge in [0.25, 0.3) is 0 Å². The van der Waals surface area contributed by atoms with Crippen LogP contribution in [0.3, 0.4) is 0 Å². The van der Waals surface area contributed by atoms with Crippen LogP contribution in [0.15, 0.2) is 24.3 Å². The minimum Gasteiger partial charge on any atom is -0.497 e. The monoisotopic (exact) mass is 281 g/mol. The summed E-state index contributed by atoms with van der Waals surface area (Å²) in [5.74, 6) is -0.680. The van der Waals surface area contributed by atoms with Crippen molar-refractivity contribution in [2.24, 2.45) is 5.92 Å². The molecule has 1 aliphatic heterocycles. The van der Waals surface area contributed by atoms with Crippen molar-refractivity contribution in [3.8, 4) is 5.75 Å². The molecule has 108 valence electrons. The van der Waals surface area contributed by atoms with E-state index in [9.17, 15) is 14.0 Å². The molecule has 20 heavy (non-hydrogen) atoms. The van der Waals surface area contributed by atoms with E-state index >= 15 is 0 Å². The van der Waals surface area contributed by atoms with Crippen molar-refractivity contribution in [2.75, 3.05) is 18.7 Å². The topological polar surface area (TPSA) is 55.8 Å². The summed E-state index contributed by atoms with van der Waals surface area (Å²) in [6.45, 7) is 0.645. The SMILES string of the molecule is COc1ccc(N2C(=O)[C@H](CCF)[C@@H]2OC(C)=O)cc1. The number of halogens is 1. The van der Waals surface area contributed by atoms with E-state index in [2.05, 4.69) is 0 Å². The molecule has 0 bridgehead atoms. The second-order valence-electron chi connectivity index (χ2n) is 4.49. The average Bonchev–Trinajstić information content (AvgIpc) is 2.44. The van der Waals surface area contributed by atoms with E-state index < -0.39 is 24.8 Å². The molecular weight excluding hydrogens is 265 g/mol. The predicted octanol–water partition coefficient (Wildman–Crippen LogP) is 1.91. The highest BCUT2D eigenvalue weighted by Crippen LogP contribution is 2.36. The fraction of sp³-hybridized carbons (Fsp3) is 0.429. The molecule has 1 amide bonds. The molecular formula is C14H16FNO4. The Morgan fingerprint density at radius 1 is 1.35 bits per heavy atom. The number of ether oxygens (including phenoxy) is 2. The van der Waals surface area contributed by atoms with E-state index in [0.29, 0.717) is 11.4 Å². The molecule has 0 radical (unpaired) electrons. The number of hydrogen-bond donors (Lipinski definition) is 0. The van der Waals surface area contributed by atoms with Crippen LogP contribution >= 0.6 is 0 Å². The lowest BCUT2D eigenvalue weighted by Gasteiger charge is -2.45. The summed E-state index contributed by atoms with van der Waals surface area (Å²) in [5, 5.41) is 0. The number of amides is 1. The van der Waals surface area contributed by atoms with Gasteiger partial charge in [-0.2, -0.15) is 0 Å². The lowest BCUT2D eigenvalue weighted by molar-refractivity contribution is -0.161. The summed E-state index contributed by atoms with van der Waals surface area (Å²) in [7, 11) is 1.54. The summed E-state index contributed by atoms with van der Waals surface area (Å²) in [5.41, 5.74) is 0.595. The number of hydrogen-bond acceptors (Lipinski definition) is 4. The van der Waals surface area contributed by atoms with Crippen LogP contribution in [0.4, 0.5) is 10.1 Å². The number of β-lactam (4-membered cyclic amide) rings is 1. The molecule has 6 heteroatoms. The number of benzene rings is 1. The van der Waals surface area contributed by atoms with Crippen molar-refractivity contribution in [2.45, 2.75) is 19.6 Å². The van der Waals surface area contributed by atoms with Gasteiger partial charge in [0, 0.05) is 12.6 Å². The second-order valence-corrected chi connectivity index (χ2v) is 4.49. The quantitative estimate of drug-likeness (QED) is 0.611. The fourth-order valence-corrected chi connectivity index (χ4v) is 2.23. The second kappa shape index (κ2) is 5.90. The molecule has 0 spiro atoms. The molecule has 0 unspecified atom stereocenters. The van der Waals surface area contributed by atoms with Crippen LogP contribution in [0.5, 0.6) is 5.75 Å². The van der Waals surface area contributed by atoms with Crippen LogP contribution in [-0.4, -0.2) is 31.9 Å². The van der Waals surface area contributed by atoms with Crippen molar-refractivity contribution < 1.29 is 23.5 Å². The van der Waals surface area contributed by atoms with Crippen molar-refractivity contribution in [1.82, 2.24) is 0 Å². The van der Waals surface area contributed by atoms with E-state index in [-0.39, 0.29) is 12.3 Å². The highest BCUT2D eigenvalue weighted by Gasteiger charge is 2.50.